The lowest BCUT2D eigenvalue weighted by molar-refractivity contribution is 0.281. The Bertz CT molecular complexity index is 401. The molecule has 1 aliphatic rings. The largest absolute Gasteiger partial charge is 0.392 e. The van der Waals surface area contributed by atoms with E-state index in [1.807, 2.05) is 4.90 Å². The molecule has 0 saturated carbocycles. The summed E-state index contributed by atoms with van der Waals surface area (Å²) in [5.74, 6) is 0.877. The van der Waals surface area contributed by atoms with Gasteiger partial charge in [-0.15, -0.1) is 0 Å². The van der Waals surface area contributed by atoms with Crippen LogP contribution in [0.2, 0.25) is 0 Å². The quantitative estimate of drug-likeness (QED) is 0.838. The average Bonchev–Trinajstić information content (AvgIpc) is 2.30. The molecule has 3 nitrogen and oxygen atoms in total. The van der Waals surface area contributed by atoms with Gasteiger partial charge in [-0.05, 0) is 17.7 Å². The van der Waals surface area contributed by atoms with Crippen LogP contribution in [0.15, 0.2) is 18.2 Å². The summed E-state index contributed by atoms with van der Waals surface area (Å²) in [4.78, 5) is 1.90. The summed E-state index contributed by atoms with van der Waals surface area (Å²) >= 11 is 0. The molecule has 1 fully saturated rings. The Kier molecular flexibility index (Phi) is 3.56. The summed E-state index contributed by atoms with van der Waals surface area (Å²) in [6, 6.07) is 4.74. The van der Waals surface area contributed by atoms with Gasteiger partial charge >= 0.3 is 0 Å². The number of anilines is 1. The van der Waals surface area contributed by atoms with Crippen molar-refractivity contribution < 1.29 is 13.7 Å². The molecule has 1 heterocycles. The Morgan fingerprint density at radius 1 is 1.38 bits per heavy atom. The van der Waals surface area contributed by atoms with Crippen molar-refractivity contribution in [1.29, 1.82) is 0 Å². The van der Waals surface area contributed by atoms with E-state index in [2.05, 4.69) is 0 Å². The van der Waals surface area contributed by atoms with Crippen molar-refractivity contribution in [3.63, 3.8) is 0 Å². The van der Waals surface area contributed by atoms with Crippen LogP contribution in [-0.4, -0.2) is 33.9 Å². The first-order valence-electron chi connectivity index (χ1n) is 5.20. The molecular weight excluding hydrogens is 229 g/mol. The molecule has 88 valence electrons. The molecular formula is C11H14FNO2S. The van der Waals surface area contributed by atoms with Crippen molar-refractivity contribution in [3.05, 3.63) is 29.6 Å². The molecule has 0 aliphatic carbocycles. The Balaban J connectivity index is 2.17. The number of aliphatic hydroxyl groups is 1. The molecule has 1 N–H and O–H groups in total. The highest BCUT2D eigenvalue weighted by Crippen LogP contribution is 2.21. The molecule has 1 saturated heterocycles. The maximum Gasteiger partial charge on any atom is 0.146 e. The van der Waals surface area contributed by atoms with Crippen LogP contribution in [-0.2, 0) is 17.4 Å². The first kappa shape index (κ1) is 11.5. The molecule has 16 heavy (non-hydrogen) atoms. The number of hydrogen-bond donors (Lipinski definition) is 1. The molecule has 0 amide bonds. The number of aliphatic hydroxyl groups excluding tert-OH is 1. The molecule has 0 radical (unpaired) electrons. The molecule has 2 rings (SSSR count). The minimum Gasteiger partial charge on any atom is -0.392 e. The zero-order chi connectivity index (χ0) is 11.5. The van der Waals surface area contributed by atoms with Crippen molar-refractivity contribution in [1.82, 2.24) is 0 Å². The molecule has 0 unspecified atom stereocenters. The SMILES string of the molecule is O=S1CCN(c2ccc(CO)cc2F)CC1. The van der Waals surface area contributed by atoms with Crippen molar-refractivity contribution in [2.24, 2.45) is 0 Å². The van der Waals surface area contributed by atoms with E-state index in [4.69, 9.17) is 5.11 Å². The lowest BCUT2D eigenvalue weighted by Gasteiger charge is -2.28. The Morgan fingerprint density at radius 2 is 2.06 bits per heavy atom. The van der Waals surface area contributed by atoms with Crippen LogP contribution in [0.3, 0.4) is 0 Å². The van der Waals surface area contributed by atoms with Gasteiger partial charge in [-0.25, -0.2) is 4.39 Å². The topological polar surface area (TPSA) is 40.5 Å². The summed E-state index contributed by atoms with van der Waals surface area (Å²) in [6.45, 7) is 1.10. The number of rotatable bonds is 2. The Morgan fingerprint density at radius 3 is 2.62 bits per heavy atom. The van der Waals surface area contributed by atoms with Crippen LogP contribution in [0, 0.1) is 5.82 Å². The number of halogens is 1. The molecule has 5 heteroatoms. The summed E-state index contributed by atoms with van der Waals surface area (Å²) in [7, 11) is -0.751. The van der Waals surface area contributed by atoms with E-state index in [1.54, 1.807) is 12.1 Å². The summed E-state index contributed by atoms with van der Waals surface area (Å²) < 4.78 is 24.9. The summed E-state index contributed by atoms with van der Waals surface area (Å²) in [5.41, 5.74) is 1.11. The second kappa shape index (κ2) is 4.93. The van der Waals surface area contributed by atoms with Crippen molar-refractivity contribution >= 4 is 16.5 Å². The van der Waals surface area contributed by atoms with Crippen molar-refractivity contribution in [2.45, 2.75) is 6.61 Å². The highest BCUT2D eigenvalue weighted by Gasteiger charge is 2.18. The fourth-order valence-electron chi connectivity index (χ4n) is 1.78. The van der Waals surface area contributed by atoms with Crippen LogP contribution >= 0.6 is 0 Å². The lowest BCUT2D eigenvalue weighted by atomic mass is 10.2. The first-order valence-corrected chi connectivity index (χ1v) is 6.68. The third-order valence-electron chi connectivity index (χ3n) is 2.71. The van der Waals surface area contributed by atoms with Crippen molar-refractivity contribution in [3.8, 4) is 0 Å². The standard InChI is InChI=1S/C11H14FNO2S/c12-10-7-9(8-14)1-2-11(10)13-3-5-16(15)6-4-13/h1-2,7,14H,3-6,8H2. The molecule has 0 bridgehead atoms. The average molecular weight is 243 g/mol. The molecule has 0 aromatic heterocycles. The molecule has 0 atom stereocenters. The Hall–Kier alpha value is -0.940. The van der Waals surface area contributed by atoms with Gasteiger partial charge in [0.15, 0.2) is 0 Å². The van der Waals surface area contributed by atoms with Gasteiger partial charge in [0, 0.05) is 35.4 Å². The van der Waals surface area contributed by atoms with Crippen LogP contribution in [0.5, 0.6) is 0 Å². The zero-order valence-electron chi connectivity index (χ0n) is 8.86. The third-order valence-corrected chi connectivity index (χ3v) is 3.99. The van der Waals surface area contributed by atoms with E-state index in [9.17, 15) is 8.60 Å². The van der Waals surface area contributed by atoms with Gasteiger partial charge in [0.05, 0.1) is 12.3 Å². The van der Waals surface area contributed by atoms with E-state index in [0.717, 1.165) is 0 Å². The number of benzene rings is 1. The lowest BCUT2D eigenvalue weighted by Crippen LogP contribution is -2.38. The van der Waals surface area contributed by atoms with Crippen LogP contribution in [0.1, 0.15) is 5.56 Å². The normalized spacial score (nSPS) is 17.8. The highest BCUT2D eigenvalue weighted by atomic mass is 32.2. The van der Waals surface area contributed by atoms with E-state index in [1.165, 1.54) is 6.07 Å². The van der Waals surface area contributed by atoms with Crippen LogP contribution < -0.4 is 4.90 Å². The predicted octanol–water partition coefficient (Wildman–Crippen LogP) is 0.887. The van der Waals surface area contributed by atoms with Crippen molar-refractivity contribution in [2.75, 3.05) is 29.5 Å². The third kappa shape index (κ3) is 2.41. The fraction of sp³-hybridized carbons (Fsp3) is 0.455. The van der Waals surface area contributed by atoms with Gasteiger partial charge in [0.2, 0.25) is 0 Å². The van der Waals surface area contributed by atoms with E-state index < -0.39 is 10.8 Å². The summed E-state index contributed by atoms with van der Waals surface area (Å²) in [5, 5.41) is 8.88. The number of hydrogen-bond acceptors (Lipinski definition) is 3. The first-order chi connectivity index (χ1) is 7.70. The monoisotopic (exact) mass is 243 g/mol. The van der Waals surface area contributed by atoms with Gasteiger partial charge < -0.3 is 10.0 Å². The fourth-order valence-corrected chi connectivity index (χ4v) is 2.84. The van der Waals surface area contributed by atoms with Gasteiger partial charge in [-0.2, -0.15) is 0 Å². The second-order valence-corrected chi connectivity index (χ2v) is 5.48. The minimum atomic E-state index is -0.751. The molecule has 1 aromatic carbocycles. The van der Waals surface area contributed by atoms with Gasteiger partial charge in [0.1, 0.15) is 5.82 Å². The predicted molar refractivity (Wildman–Crippen MR) is 62.4 cm³/mol. The van der Waals surface area contributed by atoms with Gasteiger partial charge in [0.25, 0.3) is 0 Å². The number of nitrogens with zero attached hydrogens (tertiary/aromatic N) is 1. The van der Waals surface area contributed by atoms with E-state index in [0.29, 0.717) is 35.8 Å². The molecule has 0 spiro atoms. The zero-order valence-corrected chi connectivity index (χ0v) is 9.67. The highest BCUT2D eigenvalue weighted by molar-refractivity contribution is 7.85. The van der Waals surface area contributed by atoms with Gasteiger partial charge in [-0.1, -0.05) is 6.07 Å². The van der Waals surface area contributed by atoms with E-state index in [-0.39, 0.29) is 12.4 Å². The Labute approximate surface area is 96.3 Å². The maximum atomic E-state index is 13.7. The molecule has 1 aromatic rings. The molecule has 1 aliphatic heterocycles. The maximum absolute atomic E-state index is 13.7. The minimum absolute atomic E-state index is 0.152. The summed E-state index contributed by atoms with van der Waals surface area (Å²) in [6.07, 6.45) is 0. The van der Waals surface area contributed by atoms with Crippen LogP contribution in [0.4, 0.5) is 10.1 Å². The van der Waals surface area contributed by atoms with Gasteiger partial charge in [-0.3, -0.25) is 4.21 Å². The smallest absolute Gasteiger partial charge is 0.146 e. The second-order valence-electron chi connectivity index (χ2n) is 3.78. The van der Waals surface area contributed by atoms with Crippen LogP contribution in [0.25, 0.3) is 0 Å². The van der Waals surface area contributed by atoms with E-state index >= 15 is 0 Å².